The number of anilines is 1. The molecule has 0 bridgehead atoms. The van der Waals surface area contributed by atoms with Crippen molar-refractivity contribution in [3.63, 3.8) is 0 Å². The van der Waals surface area contributed by atoms with Crippen LogP contribution in [0.4, 0.5) is 10.1 Å². The van der Waals surface area contributed by atoms with Gasteiger partial charge in [-0.15, -0.1) is 0 Å². The van der Waals surface area contributed by atoms with Gasteiger partial charge in [-0.25, -0.2) is 13.9 Å². The second kappa shape index (κ2) is 9.18. The maximum absolute atomic E-state index is 13.3. The Bertz CT molecular complexity index is 1210. The number of carbonyl (C=O) groups is 1. The lowest BCUT2D eigenvalue weighted by atomic mass is 10.1. The smallest absolute Gasteiger partial charge is 0.234 e. The van der Waals surface area contributed by atoms with E-state index >= 15 is 0 Å². The number of hydrogen-bond donors (Lipinski definition) is 1. The minimum absolute atomic E-state index is 0.123. The van der Waals surface area contributed by atoms with Crippen molar-refractivity contribution in [3.8, 4) is 16.9 Å². The zero-order valence-electron chi connectivity index (χ0n) is 17.1. The zero-order valence-corrected chi connectivity index (χ0v) is 17.9. The molecule has 2 aromatic heterocycles. The van der Waals surface area contributed by atoms with Gasteiger partial charge in [0.2, 0.25) is 5.91 Å². The van der Waals surface area contributed by atoms with E-state index in [0.29, 0.717) is 17.9 Å². The standard InChI is InChI=1S/C23H21FN4O2S/c1-3-30-19-10-8-18(9-11-19)27-21(29)14-31-22-12-15(2)26-23-20(13-25-28(22)23)16-4-6-17(24)7-5-16/h4-13H,3,14H2,1-2H3,(H,27,29). The maximum atomic E-state index is 13.3. The molecular weight excluding hydrogens is 415 g/mol. The van der Waals surface area contributed by atoms with Gasteiger partial charge in [0.1, 0.15) is 16.6 Å². The molecule has 2 aromatic carbocycles. The molecule has 0 radical (unpaired) electrons. The van der Waals surface area contributed by atoms with Crippen LogP contribution in [-0.4, -0.2) is 32.9 Å². The van der Waals surface area contributed by atoms with Gasteiger partial charge in [-0.05, 0) is 61.9 Å². The zero-order chi connectivity index (χ0) is 21.8. The Balaban J connectivity index is 1.49. The van der Waals surface area contributed by atoms with E-state index in [2.05, 4.69) is 15.4 Å². The molecule has 0 fully saturated rings. The number of nitrogens with one attached hydrogen (secondary N) is 1. The van der Waals surface area contributed by atoms with Gasteiger partial charge in [-0.1, -0.05) is 23.9 Å². The monoisotopic (exact) mass is 436 g/mol. The first-order chi connectivity index (χ1) is 15.0. The molecule has 0 spiro atoms. The summed E-state index contributed by atoms with van der Waals surface area (Å²) in [5, 5.41) is 8.13. The molecular formula is C23H21FN4O2S. The molecule has 0 aliphatic carbocycles. The number of amides is 1. The average molecular weight is 437 g/mol. The van der Waals surface area contributed by atoms with Gasteiger partial charge in [-0.3, -0.25) is 4.79 Å². The summed E-state index contributed by atoms with van der Waals surface area (Å²) < 4.78 is 20.4. The number of aromatic nitrogens is 3. The summed E-state index contributed by atoms with van der Waals surface area (Å²) in [6.45, 7) is 4.41. The molecule has 6 nitrogen and oxygen atoms in total. The van der Waals surface area contributed by atoms with Crippen LogP contribution < -0.4 is 10.1 Å². The number of rotatable bonds is 7. The highest BCUT2D eigenvalue weighted by atomic mass is 32.2. The van der Waals surface area contributed by atoms with Crippen LogP contribution >= 0.6 is 11.8 Å². The lowest BCUT2D eigenvalue weighted by Crippen LogP contribution is -2.14. The molecule has 4 aromatic rings. The van der Waals surface area contributed by atoms with Crippen molar-refractivity contribution in [1.29, 1.82) is 0 Å². The van der Waals surface area contributed by atoms with Gasteiger partial charge in [0.25, 0.3) is 0 Å². The Morgan fingerprint density at radius 3 is 2.61 bits per heavy atom. The molecule has 0 unspecified atom stereocenters. The van der Waals surface area contributed by atoms with Crippen molar-refractivity contribution in [2.75, 3.05) is 17.7 Å². The molecule has 0 aliphatic heterocycles. The molecule has 2 heterocycles. The van der Waals surface area contributed by atoms with Crippen molar-refractivity contribution in [3.05, 3.63) is 72.3 Å². The van der Waals surface area contributed by atoms with E-state index < -0.39 is 0 Å². The fourth-order valence-electron chi connectivity index (χ4n) is 3.12. The predicted molar refractivity (Wildman–Crippen MR) is 120 cm³/mol. The van der Waals surface area contributed by atoms with Gasteiger partial charge in [0.05, 0.1) is 18.6 Å². The minimum Gasteiger partial charge on any atom is -0.494 e. The van der Waals surface area contributed by atoms with Crippen LogP contribution in [-0.2, 0) is 4.79 Å². The van der Waals surface area contributed by atoms with E-state index in [-0.39, 0.29) is 17.5 Å². The van der Waals surface area contributed by atoms with E-state index in [1.54, 1.807) is 22.8 Å². The summed E-state index contributed by atoms with van der Waals surface area (Å²) >= 11 is 1.38. The maximum Gasteiger partial charge on any atom is 0.234 e. The van der Waals surface area contributed by atoms with E-state index in [1.807, 2.05) is 44.2 Å². The summed E-state index contributed by atoms with van der Waals surface area (Å²) in [5.74, 6) is 0.569. The summed E-state index contributed by atoms with van der Waals surface area (Å²) in [4.78, 5) is 17.0. The number of ether oxygens (including phenoxy) is 1. The fourth-order valence-corrected chi connectivity index (χ4v) is 3.98. The third-order valence-corrected chi connectivity index (χ3v) is 5.52. The predicted octanol–water partition coefficient (Wildman–Crippen LogP) is 4.97. The first kappa shape index (κ1) is 20.9. The van der Waals surface area contributed by atoms with Crippen LogP contribution in [0.5, 0.6) is 5.75 Å². The highest BCUT2D eigenvalue weighted by Gasteiger charge is 2.14. The second-order valence-electron chi connectivity index (χ2n) is 6.83. The molecule has 0 saturated carbocycles. The topological polar surface area (TPSA) is 68.5 Å². The highest BCUT2D eigenvalue weighted by molar-refractivity contribution is 7.99. The second-order valence-corrected chi connectivity index (χ2v) is 7.83. The lowest BCUT2D eigenvalue weighted by Gasteiger charge is -2.09. The van der Waals surface area contributed by atoms with Gasteiger partial charge >= 0.3 is 0 Å². The number of halogens is 1. The van der Waals surface area contributed by atoms with E-state index in [4.69, 9.17) is 4.74 Å². The van der Waals surface area contributed by atoms with Gasteiger partial charge in [0.15, 0.2) is 5.65 Å². The van der Waals surface area contributed by atoms with Crippen molar-refractivity contribution in [2.24, 2.45) is 0 Å². The Kier molecular flexibility index (Phi) is 6.18. The summed E-state index contributed by atoms with van der Waals surface area (Å²) in [5.41, 5.74) is 3.83. The first-order valence-electron chi connectivity index (χ1n) is 9.80. The van der Waals surface area contributed by atoms with Crippen molar-refractivity contribution in [1.82, 2.24) is 14.6 Å². The summed E-state index contributed by atoms with van der Waals surface area (Å²) in [6, 6.07) is 15.4. The van der Waals surface area contributed by atoms with Gasteiger partial charge < -0.3 is 10.1 Å². The van der Waals surface area contributed by atoms with Crippen LogP contribution in [0.25, 0.3) is 16.8 Å². The lowest BCUT2D eigenvalue weighted by molar-refractivity contribution is -0.113. The van der Waals surface area contributed by atoms with E-state index in [1.165, 1.54) is 23.9 Å². The number of benzene rings is 2. The Morgan fingerprint density at radius 2 is 1.90 bits per heavy atom. The summed E-state index contributed by atoms with van der Waals surface area (Å²) in [6.07, 6.45) is 1.71. The average Bonchev–Trinajstić information content (AvgIpc) is 3.18. The van der Waals surface area contributed by atoms with Crippen LogP contribution in [0, 0.1) is 12.7 Å². The number of thioether (sulfide) groups is 1. The van der Waals surface area contributed by atoms with Crippen molar-refractivity contribution >= 4 is 29.0 Å². The van der Waals surface area contributed by atoms with Crippen molar-refractivity contribution < 1.29 is 13.9 Å². The largest absolute Gasteiger partial charge is 0.494 e. The number of nitrogens with zero attached hydrogens (tertiary/aromatic N) is 3. The van der Waals surface area contributed by atoms with Crippen LogP contribution in [0.3, 0.4) is 0 Å². The molecule has 31 heavy (non-hydrogen) atoms. The first-order valence-corrected chi connectivity index (χ1v) is 10.8. The minimum atomic E-state index is -0.292. The van der Waals surface area contributed by atoms with Crippen LogP contribution in [0.1, 0.15) is 12.6 Å². The van der Waals surface area contributed by atoms with E-state index in [9.17, 15) is 9.18 Å². The number of aryl methyl sites for hydroxylation is 1. The van der Waals surface area contributed by atoms with Crippen LogP contribution in [0.15, 0.2) is 65.8 Å². The third kappa shape index (κ3) is 4.86. The molecule has 0 saturated heterocycles. The third-order valence-electron chi connectivity index (χ3n) is 4.52. The van der Waals surface area contributed by atoms with Crippen LogP contribution in [0.2, 0.25) is 0 Å². The van der Waals surface area contributed by atoms with Gasteiger partial charge in [-0.2, -0.15) is 5.10 Å². The van der Waals surface area contributed by atoms with E-state index in [0.717, 1.165) is 27.6 Å². The SMILES string of the molecule is CCOc1ccc(NC(=O)CSc2cc(C)nc3c(-c4ccc(F)cc4)cnn23)cc1. The normalized spacial score (nSPS) is 10.9. The quantitative estimate of drug-likeness (QED) is 0.327. The Labute approximate surface area is 183 Å². The molecule has 1 N–H and O–H groups in total. The molecule has 0 atom stereocenters. The molecule has 1 amide bonds. The molecule has 158 valence electrons. The number of hydrogen-bond acceptors (Lipinski definition) is 5. The number of fused-ring (bicyclic) bond motifs is 1. The molecule has 8 heteroatoms. The molecule has 0 aliphatic rings. The summed E-state index contributed by atoms with van der Waals surface area (Å²) in [7, 11) is 0. The Morgan fingerprint density at radius 1 is 1.16 bits per heavy atom. The number of carbonyl (C=O) groups excluding carboxylic acids is 1. The van der Waals surface area contributed by atoms with Gasteiger partial charge in [0, 0.05) is 16.9 Å². The fraction of sp³-hybridized carbons (Fsp3) is 0.174. The van der Waals surface area contributed by atoms with Crippen molar-refractivity contribution in [2.45, 2.75) is 18.9 Å². The highest BCUT2D eigenvalue weighted by Crippen LogP contribution is 2.28. The molecule has 4 rings (SSSR count). The Hall–Kier alpha value is -3.39.